The standard InChI is InChI=1S/C17H22N4O2/c1-18-13-5-4-9-20(11-13)16(22)8-10-21-12-19-15-7-3-2-6-14(15)17(21)23/h2-3,6-7,12-13,18H,4-5,8-11H2,1H3/t13-/m1/s1. The van der Waals surface area contributed by atoms with Gasteiger partial charge in [0.2, 0.25) is 5.91 Å². The van der Waals surface area contributed by atoms with Crippen molar-refractivity contribution in [1.82, 2.24) is 19.8 Å². The van der Waals surface area contributed by atoms with E-state index in [0.29, 0.717) is 29.9 Å². The molecular formula is C17H22N4O2. The Morgan fingerprint density at radius 1 is 1.39 bits per heavy atom. The lowest BCUT2D eigenvalue weighted by Gasteiger charge is -2.32. The van der Waals surface area contributed by atoms with Gasteiger partial charge in [-0.1, -0.05) is 12.1 Å². The molecule has 23 heavy (non-hydrogen) atoms. The third-order valence-electron chi connectivity index (χ3n) is 4.48. The van der Waals surface area contributed by atoms with Crippen LogP contribution in [-0.4, -0.2) is 46.5 Å². The molecule has 1 N–H and O–H groups in total. The predicted molar refractivity (Wildman–Crippen MR) is 89.3 cm³/mol. The Kier molecular flexibility index (Phi) is 4.71. The summed E-state index contributed by atoms with van der Waals surface area (Å²) < 4.78 is 1.53. The van der Waals surface area contributed by atoms with Crippen molar-refractivity contribution in [2.45, 2.75) is 31.8 Å². The molecule has 0 spiro atoms. The molecule has 1 aliphatic rings. The van der Waals surface area contributed by atoms with Crippen molar-refractivity contribution in [2.75, 3.05) is 20.1 Å². The third kappa shape index (κ3) is 3.42. The van der Waals surface area contributed by atoms with Gasteiger partial charge in [-0.15, -0.1) is 0 Å². The monoisotopic (exact) mass is 314 g/mol. The smallest absolute Gasteiger partial charge is 0.261 e. The number of nitrogens with one attached hydrogen (secondary N) is 1. The molecule has 1 aromatic heterocycles. The van der Waals surface area contributed by atoms with E-state index in [1.807, 2.05) is 30.1 Å². The van der Waals surface area contributed by atoms with Crippen molar-refractivity contribution in [1.29, 1.82) is 0 Å². The molecule has 1 saturated heterocycles. The van der Waals surface area contributed by atoms with E-state index in [1.165, 1.54) is 10.9 Å². The van der Waals surface area contributed by atoms with Gasteiger partial charge in [0.1, 0.15) is 0 Å². The lowest BCUT2D eigenvalue weighted by atomic mass is 10.1. The van der Waals surface area contributed by atoms with Crippen LogP contribution in [0.2, 0.25) is 0 Å². The van der Waals surface area contributed by atoms with Crippen molar-refractivity contribution in [2.24, 2.45) is 0 Å². The zero-order chi connectivity index (χ0) is 16.2. The van der Waals surface area contributed by atoms with E-state index in [4.69, 9.17) is 0 Å². The number of likely N-dealkylation sites (N-methyl/N-ethyl adjacent to an activating group) is 1. The van der Waals surface area contributed by atoms with E-state index in [0.717, 1.165) is 25.9 Å². The number of nitrogens with zero attached hydrogens (tertiary/aromatic N) is 3. The van der Waals surface area contributed by atoms with Gasteiger partial charge in [-0.2, -0.15) is 0 Å². The maximum absolute atomic E-state index is 12.4. The Bertz CT molecular complexity index is 756. The van der Waals surface area contributed by atoms with Crippen molar-refractivity contribution in [3.8, 4) is 0 Å². The number of hydrogen-bond donors (Lipinski definition) is 1. The van der Waals surface area contributed by atoms with Crippen LogP contribution in [0.3, 0.4) is 0 Å². The van der Waals surface area contributed by atoms with Gasteiger partial charge in [-0.25, -0.2) is 4.98 Å². The minimum atomic E-state index is -0.0878. The molecule has 0 saturated carbocycles. The Balaban J connectivity index is 1.67. The number of rotatable bonds is 4. The summed E-state index contributed by atoms with van der Waals surface area (Å²) in [6.07, 6.45) is 3.99. The second-order valence-electron chi connectivity index (χ2n) is 5.98. The summed E-state index contributed by atoms with van der Waals surface area (Å²) in [6.45, 7) is 1.93. The first-order valence-corrected chi connectivity index (χ1v) is 8.08. The molecule has 0 aliphatic carbocycles. The minimum absolute atomic E-state index is 0.0878. The van der Waals surface area contributed by atoms with Crippen LogP contribution in [0.15, 0.2) is 35.4 Å². The molecule has 1 fully saturated rings. The topological polar surface area (TPSA) is 67.2 Å². The normalized spacial score (nSPS) is 18.3. The SMILES string of the molecule is CN[C@@H]1CCCN(C(=O)CCn2cnc3ccccc3c2=O)C1. The predicted octanol–water partition coefficient (Wildman–Crippen LogP) is 0.997. The number of benzene rings is 1. The summed E-state index contributed by atoms with van der Waals surface area (Å²) in [5.74, 6) is 0.102. The second kappa shape index (κ2) is 6.91. The maximum Gasteiger partial charge on any atom is 0.261 e. The van der Waals surface area contributed by atoms with Crippen LogP contribution in [0.4, 0.5) is 0 Å². The highest BCUT2D eigenvalue weighted by Gasteiger charge is 2.22. The largest absolute Gasteiger partial charge is 0.341 e. The van der Waals surface area contributed by atoms with E-state index < -0.39 is 0 Å². The van der Waals surface area contributed by atoms with Crippen LogP contribution in [0, 0.1) is 0 Å². The molecule has 3 rings (SSSR count). The van der Waals surface area contributed by atoms with Gasteiger partial charge in [-0.3, -0.25) is 14.2 Å². The highest BCUT2D eigenvalue weighted by Crippen LogP contribution is 2.11. The molecule has 1 aliphatic heterocycles. The fourth-order valence-corrected chi connectivity index (χ4v) is 3.08. The van der Waals surface area contributed by atoms with Crippen molar-refractivity contribution in [3.05, 3.63) is 40.9 Å². The second-order valence-corrected chi connectivity index (χ2v) is 5.98. The quantitative estimate of drug-likeness (QED) is 0.914. The van der Waals surface area contributed by atoms with Gasteiger partial charge < -0.3 is 10.2 Å². The molecule has 6 heteroatoms. The number of aromatic nitrogens is 2. The summed E-state index contributed by atoms with van der Waals surface area (Å²) in [5.41, 5.74) is 0.600. The van der Waals surface area contributed by atoms with Crippen LogP contribution >= 0.6 is 0 Å². The molecule has 2 heterocycles. The van der Waals surface area contributed by atoms with Gasteiger partial charge in [0, 0.05) is 32.1 Å². The van der Waals surface area contributed by atoms with Crippen LogP contribution in [0.25, 0.3) is 10.9 Å². The summed E-state index contributed by atoms with van der Waals surface area (Å²) >= 11 is 0. The summed E-state index contributed by atoms with van der Waals surface area (Å²) in [5, 5.41) is 3.83. The van der Waals surface area contributed by atoms with E-state index in [2.05, 4.69) is 10.3 Å². The van der Waals surface area contributed by atoms with Gasteiger partial charge in [0.25, 0.3) is 5.56 Å². The zero-order valence-electron chi connectivity index (χ0n) is 13.4. The fraction of sp³-hybridized carbons (Fsp3) is 0.471. The highest BCUT2D eigenvalue weighted by molar-refractivity contribution is 5.77. The van der Waals surface area contributed by atoms with Crippen molar-refractivity contribution < 1.29 is 4.79 Å². The van der Waals surface area contributed by atoms with Crippen LogP contribution in [0.1, 0.15) is 19.3 Å². The molecule has 1 amide bonds. The Hall–Kier alpha value is -2.21. The summed E-state index contributed by atoms with van der Waals surface area (Å²) in [7, 11) is 1.93. The first-order chi connectivity index (χ1) is 11.2. The first-order valence-electron chi connectivity index (χ1n) is 8.08. The highest BCUT2D eigenvalue weighted by atomic mass is 16.2. The molecule has 0 bridgehead atoms. The van der Waals surface area contributed by atoms with E-state index in [9.17, 15) is 9.59 Å². The zero-order valence-corrected chi connectivity index (χ0v) is 13.4. The number of amides is 1. The third-order valence-corrected chi connectivity index (χ3v) is 4.48. The molecule has 1 aromatic carbocycles. The van der Waals surface area contributed by atoms with E-state index in [1.54, 1.807) is 6.07 Å². The molecule has 0 unspecified atom stereocenters. The van der Waals surface area contributed by atoms with Gasteiger partial charge >= 0.3 is 0 Å². The average molecular weight is 314 g/mol. The van der Waals surface area contributed by atoms with Gasteiger partial charge in [0.05, 0.1) is 17.2 Å². The Morgan fingerprint density at radius 3 is 3.04 bits per heavy atom. The van der Waals surface area contributed by atoms with Crippen molar-refractivity contribution >= 4 is 16.8 Å². The molecule has 6 nitrogen and oxygen atoms in total. The molecule has 2 aromatic rings. The Labute approximate surface area is 135 Å². The van der Waals surface area contributed by atoms with Crippen LogP contribution < -0.4 is 10.9 Å². The number of carbonyl (C=O) groups is 1. The summed E-state index contributed by atoms with van der Waals surface area (Å²) in [4.78, 5) is 31.0. The van der Waals surface area contributed by atoms with E-state index in [-0.39, 0.29) is 11.5 Å². The first kappa shape index (κ1) is 15.7. The molecule has 1 atom stereocenters. The average Bonchev–Trinajstić information content (AvgIpc) is 2.61. The molecular weight excluding hydrogens is 292 g/mol. The lowest BCUT2D eigenvalue weighted by Crippen LogP contribution is -2.47. The number of aryl methyl sites for hydroxylation is 1. The number of likely N-dealkylation sites (tertiary alicyclic amines) is 1. The van der Waals surface area contributed by atoms with Crippen LogP contribution in [-0.2, 0) is 11.3 Å². The molecule has 122 valence electrons. The van der Waals surface area contributed by atoms with Gasteiger partial charge in [-0.05, 0) is 32.0 Å². The maximum atomic E-state index is 12.4. The Morgan fingerprint density at radius 2 is 2.22 bits per heavy atom. The number of piperidine rings is 1. The van der Waals surface area contributed by atoms with Gasteiger partial charge in [0.15, 0.2) is 0 Å². The number of carbonyl (C=O) groups excluding carboxylic acids is 1. The lowest BCUT2D eigenvalue weighted by molar-refractivity contribution is -0.132. The number of fused-ring (bicyclic) bond motifs is 1. The van der Waals surface area contributed by atoms with Crippen molar-refractivity contribution in [3.63, 3.8) is 0 Å². The summed E-state index contributed by atoms with van der Waals surface area (Å²) in [6, 6.07) is 7.64. The van der Waals surface area contributed by atoms with Crippen LogP contribution in [0.5, 0.6) is 0 Å². The number of para-hydroxylation sites is 1. The fourth-order valence-electron chi connectivity index (χ4n) is 3.08. The number of hydrogen-bond acceptors (Lipinski definition) is 4. The molecule has 0 radical (unpaired) electrons. The minimum Gasteiger partial charge on any atom is -0.341 e. The van der Waals surface area contributed by atoms with E-state index >= 15 is 0 Å².